The van der Waals surface area contributed by atoms with Crippen LogP contribution in [0.5, 0.6) is 0 Å². The van der Waals surface area contributed by atoms with E-state index >= 15 is 0 Å². The average Bonchev–Trinajstić information content (AvgIpc) is 3.34. The lowest BCUT2D eigenvalue weighted by atomic mass is 9.79. The van der Waals surface area contributed by atoms with Gasteiger partial charge in [-0.1, -0.05) is 6.07 Å². The number of aryl methyl sites for hydroxylation is 2. The van der Waals surface area contributed by atoms with Crippen LogP contribution in [0, 0.1) is 37.5 Å². The topological polar surface area (TPSA) is 84.5 Å². The van der Waals surface area contributed by atoms with Gasteiger partial charge < -0.3 is 15.4 Å². The molecule has 2 saturated carbocycles. The minimum absolute atomic E-state index is 0.0201. The van der Waals surface area contributed by atoms with Crippen LogP contribution in [0.2, 0.25) is 0 Å². The van der Waals surface area contributed by atoms with Gasteiger partial charge in [0.05, 0.1) is 11.8 Å². The first kappa shape index (κ1) is 18.9. The molecule has 5 atom stereocenters. The first-order chi connectivity index (χ1) is 14.4. The summed E-state index contributed by atoms with van der Waals surface area (Å²) in [4.78, 5) is 37.5. The van der Waals surface area contributed by atoms with Crippen LogP contribution in [-0.4, -0.2) is 23.9 Å². The van der Waals surface area contributed by atoms with Crippen molar-refractivity contribution in [3.05, 3.63) is 59.2 Å². The van der Waals surface area contributed by atoms with Gasteiger partial charge in [0.2, 0.25) is 5.91 Å². The van der Waals surface area contributed by atoms with Gasteiger partial charge in [0.1, 0.15) is 6.10 Å². The minimum Gasteiger partial charge on any atom is -0.462 e. The number of carbonyl (C=O) groups is 3. The molecule has 6 heteroatoms. The highest BCUT2D eigenvalue weighted by molar-refractivity contribution is 6.05. The van der Waals surface area contributed by atoms with Gasteiger partial charge in [-0.25, -0.2) is 0 Å². The first-order valence-electron chi connectivity index (χ1n) is 10.4. The number of anilines is 2. The van der Waals surface area contributed by atoms with Crippen molar-refractivity contribution in [1.29, 1.82) is 0 Å². The standard InChI is InChI=1S/C24H24N2O4/c1-12-3-6-17(9-13(12)2)26-22(27)14-4-7-16(8-5-14)25-23(28)20-15-10-18-19(11-15)30-24(29)21(18)20/h3-9,15,18-21H,10-11H2,1-2H3,(H,25,28)(H,26,27)/t15-,18-,19-,20+,21+/m1/s1. The van der Waals surface area contributed by atoms with Gasteiger partial charge in [-0.15, -0.1) is 0 Å². The second-order valence-corrected chi connectivity index (χ2v) is 8.74. The van der Waals surface area contributed by atoms with Crippen LogP contribution in [0.25, 0.3) is 0 Å². The van der Waals surface area contributed by atoms with Crippen LogP contribution >= 0.6 is 0 Å². The number of amides is 2. The SMILES string of the molecule is Cc1ccc(NC(=O)c2ccc(NC(=O)[C@H]3[C@@H]4C[C@H]5[C@@H]3C(=O)O[C@@H]5C4)cc2)cc1C. The van der Waals surface area contributed by atoms with Crippen molar-refractivity contribution in [1.82, 2.24) is 0 Å². The molecule has 3 fully saturated rings. The van der Waals surface area contributed by atoms with E-state index in [-0.39, 0.29) is 47.6 Å². The van der Waals surface area contributed by atoms with Gasteiger partial charge in [0.15, 0.2) is 0 Å². The third-order valence-corrected chi connectivity index (χ3v) is 6.97. The summed E-state index contributed by atoms with van der Waals surface area (Å²) in [5.74, 6) is -0.732. The van der Waals surface area contributed by atoms with Gasteiger partial charge in [-0.2, -0.15) is 0 Å². The molecule has 0 spiro atoms. The summed E-state index contributed by atoms with van der Waals surface area (Å²) < 4.78 is 5.41. The Balaban J connectivity index is 1.24. The van der Waals surface area contributed by atoms with Gasteiger partial charge in [-0.3, -0.25) is 14.4 Å². The lowest BCUT2D eigenvalue weighted by Gasteiger charge is -2.23. The molecule has 2 aromatic rings. The molecule has 0 aromatic heterocycles. The van der Waals surface area contributed by atoms with E-state index in [1.165, 1.54) is 5.56 Å². The molecule has 6 nitrogen and oxygen atoms in total. The number of fused-ring (bicyclic) bond motifs is 1. The molecule has 3 aliphatic rings. The summed E-state index contributed by atoms with van der Waals surface area (Å²) >= 11 is 0. The molecule has 2 amide bonds. The molecule has 2 aromatic carbocycles. The van der Waals surface area contributed by atoms with Crippen molar-refractivity contribution in [2.24, 2.45) is 23.7 Å². The number of nitrogens with one attached hydrogen (secondary N) is 2. The molecular weight excluding hydrogens is 380 g/mol. The summed E-state index contributed by atoms with van der Waals surface area (Å²) in [5.41, 5.74) is 4.16. The van der Waals surface area contributed by atoms with Crippen LogP contribution in [0.15, 0.2) is 42.5 Å². The number of esters is 1. The Kier molecular flexibility index (Phi) is 4.38. The van der Waals surface area contributed by atoms with Crippen molar-refractivity contribution in [2.45, 2.75) is 32.8 Å². The number of rotatable bonds is 4. The summed E-state index contributed by atoms with van der Waals surface area (Å²) in [6.45, 7) is 4.03. The van der Waals surface area contributed by atoms with Crippen molar-refractivity contribution in [2.75, 3.05) is 10.6 Å². The number of hydrogen-bond acceptors (Lipinski definition) is 4. The van der Waals surface area contributed by atoms with Crippen LogP contribution in [-0.2, 0) is 14.3 Å². The van der Waals surface area contributed by atoms with E-state index < -0.39 is 0 Å². The van der Waals surface area contributed by atoms with Crippen molar-refractivity contribution < 1.29 is 19.1 Å². The highest BCUT2D eigenvalue weighted by Crippen LogP contribution is 2.57. The van der Waals surface area contributed by atoms with E-state index in [1.54, 1.807) is 24.3 Å². The van der Waals surface area contributed by atoms with E-state index in [2.05, 4.69) is 10.6 Å². The van der Waals surface area contributed by atoms with Crippen LogP contribution < -0.4 is 10.6 Å². The Labute approximate surface area is 175 Å². The lowest BCUT2D eigenvalue weighted by molar-refractivity contribution is -0.145. The van der Waals surface area contributed by atoms with Crippen LogP contribution in [0.3, 0.4) is 0 Å². The van der Waals surface area contributed by atoms with E-state index in [9.17, 15) is 14.4 Å². The zero-order valence-electron chi connectivity index (χ0n) is 17.0. The third kappa shape index (κ3) is 3.07. The van der Waals surface area contributed by atoms with E-state index in [0.29, 0.717) is 11.3 Å². The molecular formula is C24H24N2O4. The maximum atomic E-state index is 12.9. The summed E-state index contributed by atoms with van der Waals surface area (Å²) in [6, 6.07) is 12.6. The number of benzene rings is 2. The average molecular weight is 404 g/mol. The molecule has 1 aliphatic heterocycles. The van der Waals surface area contributed by atoms with E-state index in [0.717, 1.165) is 24.1 Å². The number of hydrogen-bond donors (Lipinski definition) is 2. The normalized spacial score (nSPS) is 28.3. The largest absolute Gasteiger partial charge is 0.462 e. The molecule has 0 radical (unpaired) electrons. The summed E-state index contributed by atoms with van der Waals surface area (Å²) in [6.07, 6.45) is 1.71. The highest BCUT2D eigenvalue weighted by Gasteiger charge is 2.63. The molecule has 154 valence electrons. The maximum Gasteiger partial charge on any atom is 0.310 e. The number of ether oxygens (including phenoxy) is 1. The van der Waals surface area contributed by atoms with E-state index in [1.807, 2.05) is 32.0 Å². The van der Waals surface area contributed by atoms with Crippen LogP contribution in [0.1, 0.15) is 34.3 Å². The molecule has 2 aliphatic carbocycles. The molecule has 5 rings (SSSR count). The van der Waals surface area contributed by atoms with Gasteiger partial charge >= 0.3 is 5.97 Å². The lowest BCUT2D eigenvalue weighted by Crippen LogP contribution is -2.35. The van der Waals surface area contributed by atoms with Crippen molar-refractivity contribution >= 4 is 29.2 Å². The zero-order chi connectivity index (χ0) is 21.0. The monoisotopic (exact) mass is 404 g/mol. The Morgan fingerprint density at radius 1 is 0.933 bits per heavy atom. The zero-order valence-corrected chi connectivity index (χ0v) is 17.0. The second-order valence-electron chi connectivity index (χ2n) is 8.74. The summed E-state index contributed by atoms with van der Waals surface area (Å²) in [7, 11) is 0. The predicted octanol–water partition coefficient (Wildman–Crippen LogP) is 3.69. The Hall–Kier alpha value is -3.15. The highest BCUT2D eigenvalue weighted by atomic mass is 16.6. The van der Waals surface area contributed by atoms with E-state index in [4.69, 9.17) is 4.74 Å². The van der Waals surface area contributed by atoms with Gasteiger partial charge in [0.25, 0.3) is 5.91 Å². The second kappa shape index (κ2) is 6.97. The predicted molar refractivity (Wildman–Crippen MR) is 112 cm³/mol. The van der Waals surface area contributed by atoms with Gasteiger partial charge in [0, 0.05) is 22.9 Å². The molecule has 2 N–H and O–H groups in total. The third-order valence-electron chi connectivity index (χ3n) is 6.97. The molecule has 30 heavy (non-hydrogen) atoms. The van der Waals surface area contributed by atoms with Gasteiger partial charge in [-0.05, 0) is 80.1 Å². The fourth-order valence-corrected chi connectivity index (χ4v) is 5.32. The number of carbonyl (C=O) groups excluding carboxylic acids is 3. The molecule has 1 saturated heterocycles. The Morgan fingerprint density at radius 2 is 1.67 bits per heavy atom. The smallest absolute Gasteiger partial charge is 0.310 e. The fraction of sp³-hybridized carbons (Fsp3) is 0.375. The maximum absolute atomic E-state index is 12.9. The molecule has 0 unspecified atom stereocenters. The van der Waals surface area contributed by atoms with Crippen molar-refractivity contribution in [3.8, 4) is 0 Å². The first-order valence-corrected chi connectivity index (χ1v) is 10.4. The Bertz CT molecular complexity index is 1040. The fourth-order valence-electron chi connectivity index (χ4n) is 5.32. The van der Waals surface area contributed by atoms with Crippen molar-refractivity contribution in [3.63, 3.8) is 0 Å². The molecule has 1 heterocycles. The summed E-state index contributed by atoms with van der Waals surface area (Å²) in [5, 5.41) is 5.82. The Morgan fingerprint density at radius 3 is 2.40 bits per heavy atom. The quantitative estimate of drug-likeness (QED) is 0.761. The molecule has 2 bridgehead atoms. The van der Waals surface area contributed by atoms with Crippen LogP contribution in [0.4, 0.5) is 11.4 Å². The minimum atomic E-state index is -0.311.